The fourth-order valence-electron chi connectivity index (χ4n) is 3.65. The van der Waals surface area contributed by atoms with Gasteiger partial charge in [0.2, 0.25) is 0 Å². The van der Waals surface area contributed by atoms with Gasteiger partial charge < -0.3 is 10.1 Å². The van der Waals surface area contributed by atoms with Crippen LogP contribution in [0.2, 0.25) is 0 Å². The third kappa shape index (κ3) is 5.28. The summed E-state index contributed by atoms with van der Waals surface area (Å²) in [4.78, 5) is 27.7. The van der Waals surface area contributed by atoms with E-state index in [0.717, 1.165) is 23.3 Å². The second kappa shape index (κ2) is 9.43. The molecule has 4 rings (SSSR count). The minimum atomic E-state index is -4.80. The van der Waals surface area contributed by atoms with E-state index in [9.17, 15) is 22.8 Å². The number of amides is 2. The molecule has 1 aliphatic heterocycles. The van der Waals surface area contributed by atoms with Crippen molar-refractivity contribution in [2.75, 3.05) is 11.9 Å². The molecule has 0 aromatic heterocycles. The molecule has 0 saturated carbocycles. The zero-order chi connectivity index (χ0) is 24.3. The van der Waals surface area contributed by atoms with Gasteiger partial charge in [-0.3, -0.25) is 14.5 Å². The molecule has 0 atom stereocenters. The summed E-state index contributed by atoms with van der Waals surface area (Å²) in [5.74, 6) is -1.31. The zero-order valence-corrected chi connectivity index (χ0v) is 18.2. The van der Waals surface area contributed by atoms with E-state index < -0.39 is 18.2 Å². The highest BCUT2D eigenvalue weighted by molar-refractivity contribution is 6.36. The van der Waals surface area contributed by atoms with E-state index in [1.165, 1.54) is 17.0 Å². The van der Waals surface area contributed by atoms with Crippen LogP contribution in [0.25, 0.3) is 5.57 Å². The van der Waals surface area contributed by atoms with Crippen molar-refractivity contribution in [1.29, 1.82) is 0 Å². The summed E-state index contributed by atoms with van der Waals surface area (Å²) in [5, 5.41) is 2.93. The molecule has 0 fully saturated rings. The van der Waals surface area contributed by atoms with E-state index in [4.69, 9.17) is 0 Å². The van der Waals surface area contributed by atoms with Gasteiger partial charge in [0.1, 0.15) is 11.4 Å². The third-order valence-electron chi connectivity index (χ3n) is 5.33. The van der Waals surface area contributed by atoms with Gasteiger partial charge >= 0.3 is 6.36 Å². The largest absolute Gasteiger partial charge is 0.573 e. The van der Waals surface area contributed by atoms with Gasteiger partial charge in [-0.25, -0.2) is 0 Å². The van der Waals surface area contributed by atoms with Crippen molar-refractivity contribution in [3.05, 3.63) is 101 Å². The number of carbonyl (C=O) groups is 2. The molecule has 3 aromatic carbocycles. The number of carbonyl (C=O) groups excluding carboxylic acids is 2. The molecule has 8 heteroatoms. The normalized spacial score (nSPS) is 14.1. The van der Waals surface area contributed by atoms with Crippen LogP contribution < -0.4 is 10.1 Å². The number of imide groups is 1. The molecular formula is C26H21F3N2O3. The predicted molar refractivity (Wildman–Crippen MR) is 122 cm³/mol. The minimum absolute atomic E-state index is 0.0754. The Morgan fingerprint density at radius 2 is 1.50 bits per heavy atom. The summed E-state index contributed by atoms with van der Waals surface area (Å²) in [6, 6.07) is 21.7. The maximum Gasteiger partial charge on any atom is 0.573 e. The summed E-state index contributed by atoms with van der Waals surface area (Å²) < 4.78 is 41.2. The van der Waals surface area contributed by atoms with Crippen molar-refractivity contribution in [3.63, 3.8) is 0 Å². The van der Waals surface area contributed by atoms with Gasteiger partial charge in [0, 0.05) is 12.2 Å². The zero-order valence-electron chi connectivity index (χ0n) is 18.2. The molecule has 1 N–H and O–H groups in total. The lowest BCUT2D eigenvalue weighted by Gasteiger charge is -2.15. The van der Waals surface area contributed by atoms with Gasteiger partial charge in [-0.2, -0.15) is 0 Å². The Kier molecular flexibility index (Phi) is 6.40. The number of alkyl halides is 3. The Labute approximate surface area is 194 Å². The topological polar surface area (TPSA) is 58.6 Å². The van der Waals surface area contributed by atoms with Gasteiger partial charge in [-0.05, 0) is 48.7 Å². The number of halogens is 3. The van der Waals surface area contributed by atoms with Crippen molar-refractivity contribution < 1.29 is 27.5 Å². The van der Waals surface area contributed by atoms with Crippen molar-refractivity contribution in [3.8, 4) is 5.75 Å². The first-order valence-corrected chi connectivity index (χ1v) is 10.6. The highest BCUT2D eigenvalue weighted by Gasteiger charge is 2.39. The first kappa shape index (κ1) is 23.1. The molecule has 5 nitrogen and oxygen atoms in total. The lowest BCUT2D eigenvalue weighted by Crippen LogP contribution is -2.34. The van der Waals surface area contributed by atoms with Crippen LogP contribution >= 0.6 is 0 Å². The number of benzene rings is 3. The molecule has 0 aliphatic carbocycles. The Bertz CT molecular complexity index is 1220. The Balaban J connectivity index is 1.62. The lowest BCUT2D eigenvalue weighted by atomic mass is 10.0. The first-order chi connectivity index (χ1) is 16.2. The summed E-state index contributed by atoms with van der Waals surface area (Å²) in [5.41, 5.74) is 3.20. The maximum absolute atomic E-state index is 13.3. The van der Waals surface area contributed by atoms with Crippen LogP contribution in [0.15, 0.2) is 84.6 Å². The van der Waals surface area contributed by atoms with Crippen LogP contribution in [0.4, 0.5) is 18.9 Å². The molecule has 0 unspecified atom stereocenters. The number of anilines is 1. The fourth-order valence-corrected chi connectivity index (χ4v) is 3.65. The van der Waals surface area contributed by atoms with E-state index in [0.29, 0.717) is 17.7 Å². The second-order valence-electron chi connectivity index (χ2n) is 7.81. The molecule has 3 aromatic rings. The first-order valence-electron chi connectivity index (χ1n) is 10.6. The van der Waals surface area contributed by atoms with E-state index in [2.05, 4.69) is 10.1 Å². The van der Waals surface area contributed by atoms with Crippen LogP contribution in [-0.4, -0.2) is 29.6 Å². The Hall–Kier alpha value is -4.07. The highest BCUT2D eigenvalue weighted by Crippen LogP contribution is 2.32. The van der Waals surface area contributed by atoms with Crippen LogP contribution in [0.5, 0.6) is 5.75 Å². The molecule has 2 amide bonds. The summed E-state index contributed by atoms with van der Waals surface area (Å²) in [6.07, 6.45) is -4.31. The summed E-state index contributed by atoms with van der Waals surface area (Å²) >= 11 is 0. The molecule has 0 radical (unpaired) electrons. The molecule has 174 valence electrons. The van der Waals surface area contributed by atoms with Gasteiger partial charge in [0.25, 0.3) is 11.8 Å². The smallest absolute Gasteiger partial charge is 0.406 e. The molecular weight excluding hydrogens is 445 g/mol. The summed E-state index contributed by atoms with van der Waals surface area (Å²) in [7, 11) is 0. The molecule has 1 aliphatic rings. The third-order valence-corrected chi connectivity index (χ3v) is 5.33. The van der Waals surface area contributed by atoms with Gasteiger partial charge in [0.15, 0.2) is 0 Å². The number of nitrogens with zero attached hydrogens (tertiary/aromatic N) is 1. The Morgan fingerprint density at radius 3 is 2.12 bits per heavy atom. The van der Waals surface area contributed by atoms with Gasteiger partial charge in [-0.1, -0.05) is 60.2 Å². The number of aryl methyl sites for hydroxylation is 1. The average molecular weight is 466 g/mol. The van der Waals surface area contributed by atoms with E-state index in [1.54, 1.807) is 12.1 Å². The minimum Gasteiger partial charge on any atom is -0.406 e. The number of rotatable bonds is 7. The standard InChI is InChI=1S/C26H21F3N2O3/c1-17-7-9-19(10-8-17)22-23(30-20-11-13-21(14-12-20)34-26(27,28)29)25(33)31(24(22)32)16-15-18-5-3-2-4-6-18/h2-14,30H,15-16H2,1H3. The van der Waals surface area contributed by atoms with E-state index >= 15 is 0 Å². The maximum atomic E-state index is 13.3. The van der Waals surface area contributed by atoms with Crippen LogP contribution in [0.1, 0.15) is 16.7 Å². The van der Waals surface area contributed by atoms with E-state index in [1.807, 2.05) is 49.4 Å². The van der Waals surface area contributed by atoms with Crippen molar-refractivity contribution >= 4 is 23.1 Å². The number of ether oxygens (including phenoxy) is 1. The van der Waals surface area contributed by atoms with Crippen LogP contribution in [0.3, 0.4) is 0 Å². The summed E-state index contributed by atoms with van der Waals surface area (Å²) in [6.45, 7) is 2.11. The molecule has 0 spiro atoms. The highest BCUT2D eigenvalue weighted by atomic mass is 19.4. The second-order valence-corrected chi connectivity index (χ2v) is 7.81. The SMILES string of the molecule is Cc1ccc(C2=C(Nc3ccc(OC(F)(F)F)cc3)C(=O)N(CCc3ccccc3)C2=O)cc1. The predicted octanol–water partition coefficient (Wildman–Crippen LogP) is 5.33. The van der Waals surface area contributed by atoms with Gasteiger partial charge in [0.05, 0.1) is 5.57 Å². The molecule has 1 heterocycles. The fraction of sp³-hybridized carbons (Fsp3) is 0.154. The molecule has 34 heavy (non-hydrogen) atoms. The molecule has 0 bridgehead atoms. The number of nitrogens with one attached hydrogen (secondary N) is 1. The van der Waals surface area contributed by atoms with Crippen molar-refractivity contribution in [2.45, 2.75) is 19.7 Å². The van der Waals surface area contributed by atoms with Crippen molar-refractivity contribution in [2.24, 2.45) is 0 Å². The quantitative estimate of drug-likeness (QED) is 0.479. The molecule has 0 saturated heterocycles. The number of hydrogen-bond donors (Lipinski definition) is 1. The monoisotopic (exact) mass is 466 g/mol. The van der Waals surface area contributed by atoms with Crippen LogP contribution in [-0.2, 0) is 16.0 Å². The van der Waals surface area contributed by atoms with Crippen LogP contribution in [0, 0.1) is 6.92 Å². The van der Waals surface area contributed by atoms with E-state index in [-0.39, 0.29) is 23.6 Å². The average Bonchev–Trinajstić information content (AvgIpc) is 3.03. The van der Waals surface area contributed by atoms with Crippen molar-refractivity contribution in [1.82, 2.24) is 4.90 Å². The Morgan fingerprint density at radius 1 is 0.853 bits per heavy atom. The lowest BCUT2D eigenvalue weighted by molar-refractivity contribution is -0.274. The van der Waals surface area contributed by atoms with Gasteiger partial charge in [-0.15, -0.1) is 13.2 Å². The number of hydrogen-bond acceptors (Lipinski definition) is 4.